The van der Waals surface area contributed by atoms with Gasteiger partial charge in [-0.05, 0) is 37.6 Å². The molecule has 6 nitrogen and oxygen atoms in total. The summed E-state index contributed by atoms with van der Waals surface area (Å²) in [6, 6.07) is 16.4. The largest absolute Gasteiger partial charge is 0.494 e. The minimum absolute atomic E-state index is 0.333. The summed E-state index contributed by atoms with van der Waals surface area (Å²) in [4.78, 5) is 22.0. The molecule has 31 heavy (non-hydrogen) atoms. The number of hydrogen-bond donors (Lipinski definition) is 0. The highest BCUT2D eigenvalue weighted by Gasteiger charge is 2.25. The Hall–Kier alpha value is -3.12. The lowest BCUT2D eigenvalue weighted by atomic mass is 10.1. The Morgan fingerprint density at radius 3 is 2.48 bits per heavy atom. The third kappa shape index (κ3) is 4.80. The highest BCUT2D eigenvalue weighted by atomic mass is 16.5. The SMILES string of the molecule is CCOC(=O)c1cnc2ccc(OCC)cc2c1N1CCN(Cc2ccccc2)CC1. The Morgan fingerprint density at radius 2 is 1.77 bits per heavy atom. The Kier molecular flexibility index (Phi) is 6.67. The van der Waals surface area contributed by atoms with Crippen molar-refractivity contribution in [3.8, 4) is 5.75 Å². The fourth-order valence-electron chi connectivity index (χ4n) is 4.08. The Balaban J connectivity index is 1.63. The molecule has 0 saturated carbocycles. The number of carbonyl (C=O) groups is 1. The zero-order valence-corrected chi connectivity index (χ0v) is 18.2. The van der Waals surface area contributed by atoms with Crippen molar-refractivity contribution in [2.24, 2.45) is 0 Å². The number of ether oxygens (including phenoxy) is 2. The molecule has 162 valence electrons. The number of nitrogens with zero attached hydrogens (tertiary/aromatic N) is 3. The summed E-state index contributed by atoms with van der Waals surface area (Å²) in [6.07, 6.45) is 1.65. The van der Waals surface area contributed by atoms with E-state index in [4.69, 9.17) is 9.47 Å². The number of anilines is 1. The third-order valence-corrected chi connectivity index (χ3v) is 5.55. The van der Waals surface area contributed by atoms with Crippen molar-refractivity contribution in [1.82, 2.24) is 9.88 Å². The number of benzene rings is 2. The van der Waals surface area contributed by atoms with Crippen molar-refractivity contribution in [3.05, 3.63) is 65.9 Å². The number of esters is 1. The van der Waals surface area contributed by atoms with Gasteiger partial charge >= 0.3 is 5.97 Å². The topological polar surface area (TPSA) is 54.9 Å². The molecule has 3 aromatic rings. The van der Waals surface area contributed by atoms with Gasteiger partial charge in [-0.3, -0.25) is 9.88 Å². The van der Waals surface area contributed by atoms with E-state index >= 15 is 0 Å². The average molecular weight is 420 g/mol. The van der Waals surface area contributed by atoms with E-state index in [0.717, 1.165) is 55.1 Å². The predicted octanol–water partition coefficient (Wildman–Crippen LogP) is 4.13. The van der Waals surface area contributed by atoms with E-state index in [-0.39, 0.29) is 5.97 Å². The number of carbonyl (C=O) groups excluding carboxylic acids is 1. The molecule has 2 aromatic carbocycles. The molecule has 1 saturated heterocycles. The minimum Gasteiger partial charge on any atom is -0.494 e. The van der Waals surface area contributed by atoms with Gasteiger partial charge in [0.1, 0.15) is 11.3 Å². The molecular weight excluding hydrogens is 390 g/mol. The van der Waals surface area contributed by atoms with E-state index in [1.54, 1.807) is 6.20 Å². The summed E-state index contributed by atoms with van der Waals surface area (Å²) in [5.41, 5.74) is 3.57. The average Bonchev–Trinajstić information content (AvgIpc) is 2.80. The minimum atomic E-state index is -0.333. The maximum absolute atomic E-state index is 12.7. The van der Waals surface area contributed by atoms with Gasteiger partial charge in [-0.2, -0.15) is 0 Å². The van der Waals surface area contributed by atoms with Gasteiger partial charge in [-0.15, -0.1) is 0 Å². The molecule has 1 aliphatic rings. The highest BCUT2D eigenvalue weighted by molar-refractivity contribution is 6.05. The first kappa shape index (κ1) is 21.1. The predicted molar refractivity (Wildman–Crippen MR) is 123 cm³/mol. The molecule has 0 N–H and O–H groups in total. The number of hydrogen-bond acceptors (Lipinski definition) is 6. The van der Waals surface area contributed by atoms with Crippen molar-refractivity contribution in [2.75, 3.05) is 44.3 Å². The van der Waals surface area contributed by atoms with Gasteiger partial charge in [0.2, 0.25) is 0 Å². The van der Waals surface area contributed by atoms with Gasteiger partial charge in [0.15, 0.2) is 0 Å². The first-order valence-electron chi connectivity index (χ1n) is 10.9. The van der Waals surface area contributed by atoms with Crippen molar-refractivity contribution in [1.29, 1.82) is 0 Å². The quantitative estimate of drug-likeness (QED) is 0.537. The van der Waals surface area contributed by atoms with Crippen LogP contribution in [0.25, 0.3) is 10.9 Å². The van der Waals surface area contributed by atoms with E-state index in [9.17, 15) is 4.79 Å². The monoisotopic (exact) mass is 419 g/mol. The lowest BCUT2D eigenvalue weighted by Crippen LogP contribution is -2.46. The molecule has 0 atom stereocenters. The van der Waals surface area contributed by atoms with E-state index in [1.807, 2.05) is 38.1 Å². The lowest BCUT2D eigenvalue weighted by molar-refractivity contribution is 0.0526. The molecule has 1 aromatic heterocycles. The van der Waals surface area contributed by atoms with Crippen molar-refractivity contribution >= 4 is 22.6 Å². The first-order chi connectivity index (χ1) is 15.2. The van der Waals surface area contributed by atoms with Crippen LogP contribution in [0.3, 0.4) is 0 Å². The molecule has 0 spiro atoms. The Bertz CT molecular complexity index is 1030. The fourth-order valence-corrected chi connectivity index (χ4v) is 4.08. The van der Waals surface area contributed by atoms with Crippen LogP contribution < -0.4 is 9.64 Å². The van der Waals surface area contributed by atoms with Gasteiger partial charge in [0.25, 0.3) is 0 Å². The summed E-state index contributed by atoms with van der Waals surface area (Å²) in [5, 5.41) is 0.924. The normalized spacial score (nSPS) is 14.6. The summed E-state index contributed by atoms with van der Waals surface area (Å²) in [6.45, 7) is 9.15. The summed E-state index contributed by atoms with van der Waals surface area (Å²) >= 11 is 0. The molecule has 0 aliphatic carbocycles. The standard InChI is InChI=1S/C25H29N3O3/c1-3-30-20-10-11-23-21(16-20)24(22(17-26-23)25(29)31-4-2)28-14-12-27(13-15-28)18-19-8-6-5-7-9-19/h5-11,16-17H,3-4,12-15,18H2,1-2H3. The van der Waals surface area contributed by atoms with Crippen LogP contribution in [0.5, 0.6) is 5.75 Å². The zero-order valence-electron chi connectivity index (χ0n) is 18.2. The van der Waals surface area contributed by atoms with Crippen molar-refractivity contribution in [3.63, 3.8) is 0 Å². The summed E-state index contributed by atoms with van der Waals surface area (Å²) < 4.78 is 11.1. The number of aromatic nitrogens is 1. The highest BCUT2D eigenvalue weighted by Crippen LogP contribution is 2.33. The molecule has 1 aliphatic heterocycles. The van der Waals surface area contributed by atoms with Gasteiger partial charge in [-0.25, -0.2) is 4.79 Å². The lowest BCUT2D eigenvalue weighted by Gasteiger charge is -2.37. The van der Waals surface area contributed by atoms with Crippen LogP contribution in [0.2, 0.25) is 0 Å². The molecule has 6 heteroatoms. The molecule has 2 heterocycles. The van der Waals surface area contributed by atoms with Gasteiger partial charge in [0, 0.05) is 44.3 Å². The fraction of sp³-hybridized carbons (Fsp3) is 0.360. The van der Waals surface area contributed by atoms with Crippen LogP contribution in [0.4, 0.5) is 5.69 Å². The molecule has 0 bridgehead atoms. The molecule has 0 unspecified atom stereocenters. The van der Waals surface area contributed by atoms with Gasteiger partial charge in [-0.1, -0.05) is 30.3 Å². The van der Waals surface area contributed by atoms with Gasteiger partial charge in [0.05, 0.1) is 24.4 Å². The van der Waals surface area contributed by atoms with Crippen LogP contribution in [-0.4, -0.2) is 55.2 Å². The maximum Gasteiger partial charge on any atom is 0.341 e. The van der Waals surface area contributed by atoms with Crippen LogP contribution in [0.1, 0.15) is 29.8 Å². The Morgan fingerprint density at radius 1 is 1.00 bits per heavy atom. The summed E-state index contributed by atoms with van der Waals surface area (Å²) in [5.74, 6) is 0.446. The van der Waals surface area contributed by atoms with Gasteiger partial charge < -0.3 is 14.4 Å². The van der Waals surface area contributed by atoms with E-state index in [2.05, 4.69) is 39.0 Å². The third-order valence-electron chi connectivity index (χ3n) is 5.55. The van der Waals surface area contributed by atoms with E-state index < -0.39 is 0 Å². The zero-order chi connectivity index (χ0) is 21.6. The second-order valence-corrected chi connectivity index (χ2v) is 7.60. The molecular formula is C25H29N3O3. The number of fused-ring (bicyclic) bond motifs is 1. The Labute approximate surface area is 183 Å². The maximum atomic E-state index is 12.7. The first-order valence-corrected chi connectivity index (χ1v) is 10.9. The smallest absolute Gasteiger partial charge is 0.341 e. The van der Waals surface area contributed by atoms with Crippen LogP contribution in [0.15, 0.2) is 54.7 Å². The van der Waals surface area contributed by atoms with Crippen LogP contribution >= 0.6 is 0 Å². The molecule has 1 fully saturated rings. The van der Waals surface area contributed by atoms with E-state index in [1.165, 1.54) is 5.56 Å². The second-order valence-electron chi connectivity index (χ2n) is 7.60. The van der Waals surface area contributed by atoms with Crippen LogP contribution in [-0.2, 0) is 11.3 Å². The van der Waals surface area contributed by atoms with Crippen molar-refractivity contribution in [2.45, 2.75) is 20.4 Å². The number of pyridine rings is 1. The number of rotatable bonds is 7. The molecule has 4 rings (SSSR count). The molecule has 0 radical (unpaired) electrons. The van der Waals surface area contributed by atoms with E-state index in [0.29, 0.717) is 18.8 Å². The van der Waals surface area contributed by atoms with Crippen molar-refractivity contribution < 1.29 is 14.3 Å². The summed E-state index contributed by atoms with van der Waals surface area (Å²) in [7, 11) is 0. The molecule has 0 amide bonds. The number of piperazine rings is 1. The second kappa shape index (κ2) is 9.79. The van der Waals surface area contributed by atoms with Crippen LogP contribution in [0, 0.1) is 0 Å².